The second-order valence-corrected chi connectivity index (χ2v) is 9.64. The number of aryl methyl sites for hydroxylation is 2. The Bertz CT molecular complexity index is 1190. The molecule has 158 valence electrons. The van der Waals surface area contributed by atoms with E-state index < -0.39 is 10.0 Å². The smallest absolute Gasteiger partial charge is 0.261 e. The van der Waals surface area contributed by atoms with Gasteiger partial charge >= 0.3 is 0 Å². The van der Waals surface area contributed by atoms with Crippen LogP contribution in [-0.4, -0.2) is 24.1 Å². The maximum Gasteiger partial charge on any atom is 0.261 e. The summed E-state index contributed by atoms with van der Waals surface area (Å²) in [6.07, 6.45) is 0. The largest absolute Gasteiger partial charge is 0.345 e. The maximum absolute atomic E-state index is 12.8. The summed E-state index contributed by atoms with van der Waals surface area (Å²) >= 11 is 3.29. The zero-order valence-corrected chi connectivity index (χ0v) is 19.5. The number of hydrogen-bond acceptors (Lipinski definition) is 4. The van der Waals surface area contributed by atoms with Gasteiger partial charge in [0.25, 0.3) is 15.9 Å². The summed E-state index contributed by atoms with van der Waals surface area (Å²) in [5.41, 5.74) is 3.48. The molecule has 0 fully saturated rings. The predicted molar refractivity (Wildman–Crippen MR) is 120 cm³/mol. The fourth-order valence-corrected chi connectivity index (χ4v) is 4.63. The van der Waals surface area contributed by atoms with Crippen molar-refractivity contribution in [2.24, 2.45) is 7.05 Å². The Hall–Kier alpha value is -2.65. The Morgan fingerprint density at radius 2 is 1.80 bits per heavy atom. The summed E-state index contributed by atoms with van der Waals surface area (Å²) in [4.78, 5) is 12.9. The molecular weight excluding hydrogens is 468 g/mol. The minimum Gasteiger partial charge on any atom is -0.345 e. The van der Waals surface area contributed by atoms with Crippen LogP contribution in [0.5, 0.6) is 0 Å². The van der Waals surface area contributed by atoms with Crippen molar-refractivity contribution in [3.8, 4) is 0 Å². The minimum absolute atomic E-state index is 0.136. The van der Waals surface area contributed by atoms with Gasteiger partial charge in [0.15, 0.2) is 0 Å². The van der Waals surface area contributed by atoms with E-state index in [1.807, 2.05) is 27.8 Å². The molecule has 0 saturated carbocycles. The topological polar surface area (TPSA) is 93.1 Å². The van der Waals surface area contributed by atoms with Crippen molar-refractivity contribution in [2.45, 2.75) is 31.7 Å². The number of aromatic nitrogens is 2. The molecule has 0 radical (unpaired) electrons. The van der Waals surface area contributed by atoms with Gasteiger partial charge in [-0.3, -0.25) is 14.2 Å². The number of nitrogens with one attached hydrogen (secondary N) is 2. The van der Waals surface area contributed by atoms with Gasteiger partial charge in [0.2, 0.25) is 0 Å². The maximum atomic E-state index is 12.8. The molecule has 0 aliphatic rings. The van der Waals surface area contributed by atoms with Gasteiger partial charge in [-0.2, -0.15) is 5.10 Å². The SMILES string of the molecule is Cc1nn(C)c(C)c1C(C)NC(=O)c1cccc(NS(=O)(=O)c2ccc(Br)cc2)c1. The summed E-state index contributed by atoms with van der Waals surface area (Å²) in [5, 5.41) is 7.35. The van der Waals surface area contributed by atoms with Crippen LogP contribution in [0.1, 0.15) is 40.3 Å². The molecule has 3 rings (SSSR count). The van der Waals surface area contributed by atoms with Crippen molar-refractivity contribution < 1.29 is 13.2 Å². The first-order valence-electron chi connectivity index (χ1n) is 9.28. The number of carbonyl (C=O) groups excluding carboxylic acids is 1. The van der Waals surface area contributed by atoms with Gasteiger partial charge in [0, 0.05) is 34.0 Å². The van der Waals surface area contributed by atoms with Crippen LogP contribution >= 0.6 is 15.9 Å². The van der Waals surface area contributed by atoms with Crippen LogP contribution in [0.2, 0.25) is 0 Å². The van der Waals surface area contributed by atoms with Crippen LogP contribution in [-0.2, 0) is 17.1 Å². The Balaban J connectivity index is 1.77. The third-order valence-corrected chi connectivity index (χ3v) is 6.77. The highest BCUT2D eigenvalue weighted by molar-refractivity contribution is 9.10. The number of carbonyl (C=O) groups is 1. The second kappa shape index (κ2) is 8.61. The quantitative estimate of drug-likeness (QED) is 0.543. The Kier molecular flexibility index (Phi) is 6.33. The molecule has 2 N–H and O–H groups in total. The van der Waals surface area contributed by atoms with E-state index >= 15 is 0 Å². The lowest BCUT2D eigenvalue weighted by molar-refractivity contribution is 0.0939. The standard InChI is InChI=1S/C21H23BrN4O3S/c1-13(20-14(2)24-26(4)15(20)3)23-21(27)16-6-5-7-18(12-16)25-30(28,29)19-10-8-17(22)9-11-19/h5-13,25H,1-4H3,(H,23,27). The van der Waals surface area contributed by atoms with E-state index in [1.54, 1.807) is 35.0 Å². The summed E-state index contributed by atoms with van der Waals surface area (Å²) in [6, 6.07) is 12.5. The number of hydrogen-bond donors (Lipinski definition) is 2. The number of sulfonamides is 1. The van der Waals surface area contributed by atoms with Gasteiger partial charge in [0.1, 0.15) is 0 Å². The number of rotatable bonds is 6. The number of benzene rings is 2. The first kappa shape index (κ1) is 22.0. The van der Waals surface area contributed by atoms with E-state index in [-0.39, 0.29) is 16.8 Å². The molecule has 1 atom stereocenters. The lowest BCUT2D eigenvalue weighted by atomic mass is 10.1. The van der Waals surface area contributed by atoms with Crippen molar-refractivity contribution in [3.63, 3.8) is 0 Å². The van der Waals surface area contributed by atoms with Gasteiger partial charge in [0.05, 0.1) is 16.6 Å². The molecule has 2 aromatic carbocycles. The normalized spacial score (nSPS) is 12.4. The highest BCUT2D eigenvalue weighted by atomic mass is 79.9. The molecule has 9 heteroatoms. The lowest BCUT2D eigenvalue weighted by Crippen LogP contribution is -2.27. The number of nitrogens with zero attached hydrogens (tertiary/aromatic N) is 2. The predicted octanol–water partition coefficient (Wildman–Crippen LogP) is 4.09. The molecule has 0 saturated heterocycles. The molecule has 7 nitrogen and oxygen atoms in total. The Morgan fingerprint density at radius 1 is 1.13 bits per heavy atom. The first-order chi connectivity index (χ1) is 14.1. The Morgan fingerprint density at radius 3 is 2.40 bits per heavy atom. The van der Waals surface area contributed by atoms with Crippen molar-refractivity contribution in [1.29, 1.82) is 0 Å². The van der Waals surface area contributed by atoms with E-state index in [0.717, 1.165) is 21.4 Å². The molecule has 3 aromatic rings. The number of halogens is 1. The zero-order chi connectivity index (χ0) is 22.1. The van der Waals surface area contributed by atoms with Gasteiger partial charge in [-0.15, -0.1) is 0 Å². The van der Waals surface area contributed by atoms with E-state index in [2.05, 4.69) is 31.1 Å². The summed E-state index contributed by atoms with van der Waals surface area (Å²) < 4.78 is 30.3. The van der Waals surface area contributed by atoms with Gasteiger partial charge < -0.3 is 5.32 Å². The van der Waals surface area contributed by atoms with Crippen LogP contribution in [0.4, 0.5) is 5.69 Å². The van der Waals surface area contributed by atoms with Crippen LogP contribution < -0.4 is 10.0 Å². The summed E-state index contributed by atoms with van der Waals surface area (Å²) in [6.45, 7) is 5.76. The first-order valence-corrected chi connectivity index (χ1v) is 11.6. The van der Waals surface area contributed by atoms with E-state index in [1.165, 1.54) is 18.2 Å². The lowest BCUT2D eigenvalue weighted by Gasteiger charge is -2.15. The van der Waals surface area contributed by atoms with E-state index in [0.29, 0.717) is 11.3 Å². The molecule has 1 aromatic heterocycles. The molecule has 0 aliphatic heterocycles. The molecular formula is C21H23BrN4O3S. The second-order valence-electron chi connectivity index (χ2n) is 7.04. The van der Waals surface area contributed by atoms with Gasteiger partial charge in [-0.1, -0.05) is 22.0 Å². The third-order valence-electron chi connectivity index (χ3n) is 4.85. The molecule has 1 amide bonds. The summed E-state index contributed by atoms with van der Waals surface area (Å²) in [5.74, 6) is -0.296. The number of anilines is 1. The average Bonchev–Trinajstić information content (AvgIpc) is 2.93. The number of amides is 1. The molecule has 30 heavy (non-hydrogen) atoms. The highest BCUT2D eigenvalue weighted by Crippen LogP contribution is 2.22. The monoisotopic (exact) mass is 490 g/mol. The molecule has 1 heterocycles. The van der Waals surface area contributed by atoms with E-state index in [9.17, 15) is 13.2 Å². The third kappa shape index (κ3) is 4.73. The zero-order valence-electron chi connectivity index (χ0n) is 17.1. The fourth-order valence-electron chi connectivity index (χ4n) is 3.32. The van der Waals surface area contributed by atoms with Crippen LogP contribution in [0.3, 0.4) is 0 Å². The van der Waals surface area contributed by atoms with Crippen molar-refractivity contribution in [2.75, 3.05) is 4.72 Å². The molecule has 0 spiro atoms. The van der Waals surface area contributed by atoms with Crippen molar-refractivity contribution in [1.82, 2.24) is 15.1 Å². The van der Waals surface area contributed by atoms with Crippen LogP contribution in [0.25, 0.3) is 0 Å². The molecule has 0 bridgehead atoms. The van der Waals surface area contributed by atoms with Gasteiger partial charge in [-0.05, 0) is 63.2 Å². The molecule has 0 aliphatic carbocycles. The van der Waals surface area contributed by atoms with Gasteiger partial charge in [-0.25, -0.2) is 8.42 Å². The average molecular weight is 491 g/mol. The van der Waals surface area contributed by atoms with Crippen LogP contribution in [0, 0.1) is 13.8 Å². The van der Waals surface area contributed by atoms with Crippen molar-refractivity contribution >= 4 is 37.5 Å². The minimum atomic E-state index is -3.76. The highest BCUT2D eigenvalue weighted by Gasteiger charge is 2.20. The fraction of sp³-hybridized carbons (Fsp3) is 0.238. The van der Waals surface area contributed by atoms with Crippen LogP contribution in [0.15, 0.2) is 57.9 Å². The molecule has 1 unspecified atom stereocenters. The summed E-state index contributed by atoms with van der Waals surface area (Å²) in [7, 11) is -1.90. The van der Waals surface area contributed by atoms with E-state index in [4.69, 9.17) is 0 Å². The Labute approximate surface area is 184 Å². The van der Waals surface area contributed by atoms with Crippen molar-refractivity contribution in [3.05, 3.63) is 75.5 Å².